The molecule has 45 heavy (non-hydrogen) atoms. The molecule has 0 aliphatic rings. The zero-order valence-electron chi connectivity index (χ0n) is 24.3. The second kappa shape index (κ2) is 9.22. The molecule has 3 heteroatoms. The molecule has 0 unspecified atom stereocenters. The fourth-order valence-electron chi connectivity index (χ4n) is 7.29. The summed E-state index contributed by atoms with van der Waals surface area (Å²) in [4.78, 5) is 0. The largest absolute Gasteiger partial charge is 0.456 e. The van der Waals surface area contributed by atoms with Gasteiger partial charge in [0.15, 0.2) is 0 Å². The van der Waals surface area contributed by atoms with Crippen LogP contribution in [0, 0.1) is 0 Å². The van der Waals surface area contributed by atoms with E-state index in [1.165, 1.54) is 49.3 Å². The fourth-order valence-corrected chi connectivity index (χ4v) is 7.29. The number of nitrogens with zero attached hydrogens (tertiary/aromatic N) is 2. The second-order valence-corrected chi connectivity index (χ2v) is 11.8. The molecule has 210 valence electrons. The summed E-state index contributed by atoms with van der Waals surface area (Å²) < 4.78 is 11.0. The molecule has 0 saturated carbocycles. The van der Waals surface area contributed by atoms with Crippen molar-refractivity contribution in [1.29, 1.82) is 0 Å². The van der Waals surface area contributed by atoms with E-state index >= 15 is 0 Å². The Hall–Kier alpha value is -6.06. The molecule has 7 aromatic carbocycles. The van der Waals surface area contributed by atoms with Crippen molar-refractivity contribution in [3.8, 4) is 22.5 Å². The Kier molecular flexibility index (Phi) is 5.00. The Labute approximate surface area is 258 Å². The molecular formula is C42H26N2O. The van der Waals surface area contributed by atoms with Crippen LogP contribution in [0.15, 0.2) is 162 Å². The lowest BCUT2D eigenvalue weighted by Gasteiger charge is -2.11. The number of hydrogen-bond donors (Lipinski definition) is 0. The van der Waals surface area contributed by atoms with Crippen molar-refractivity contribution < 1.29 is 4.42 Å². The third-order valence-corrected chi connectivity index (χ3v) is 9.30. The molecule has 0 saturated heterocycles. The van der Waals surface area contributed by atoms with E-state index in [9.17, 15) is 0 Å². The number of aromatic nitrogens is 2. The maximum Gasteiger partial charge on any atom is 0.136 e. The lowest BCUT2D eigenvalue weighted by Crippen LogP contribution is -1.95. The predicted molar refractivity (Wildman–Crippen MR) is 188 cm³/mol. The molecule has 0 radical (unpaired) electrons. The molecule has 0 fully saturated rings. The molecule has 0 bridgehead atoms. The highest BCUT2D eigenvalue weighted by atomic mass is 16.3. The van der Waals surface area contributed by atoms with Gasteiger partial charge in [-0.15, -0.1) is 0 Å². The normalized spacial score (nSPS) is 12.0. The van der Waals surface area contributed by atoms with Crippen molar-refractivity contribution in [1.82, 2.24) is 9.13 Å². The highest BCUT2D eigenvalue weighted by Gasteiger charge is 2.18. The minimum atomic E-state index is 0.910. The zero-order valence-corrected chi connectivity index (χ0v) is 24.3. The van der Waals surface area contributed by atoms with Gasteiger partial charge in [-0.3, -0.25) is 0 Å². The Morgan fingerprint density at radius 2 is 0.867 bits per heavy atom. The van der Waals surface area contributed by atoms with Gasteiger partial charge >= 0.3 is 0 Å². The van der Waals surface area contributed by atoms with E-state index in [1.54, 1.807) is 0 Å². The minimum Gasteiger partial charge on any atom is -0.456 e. The van der Waals surface area contributed by atoms with E-state index in [4.69, 9.17) is 4.42 Å². The van der Waals surface area contributed by atoms with E-state index in [1.807, 2.05) is 12.1 Å². The van der Waals surface area contributed by atoms with Crippen LogP contribution in [0.2, 0.25) is 0 Å². The van der Waals surface area contributed by atoms with E-state index in [-0.39, 0.29) is 0 Å². The van der Waals surface area contributed by atoms with E-state index in [2.05, 4.69) is 155 Å². The number of rotatable bonds is 3. The van der Waals surface area contributed by atoms with Crippen LogP contribution in [0.5, 0.6) is 0 Å². The van der Waals surface area contributed by atoms with Crippen molar-refractivity contribution in [2.24, 2.45) is 0 Å². The zero-order chi connectivity index (χ0) is 29.5. The predicted octanol–water partition coefficient (Wildman–Crippen LogP) is 11.4. The first-order chi connectivity index (χ1) is 22.3. The van der Waals surface area contributed by atoms with Crippen LogP contribution in [0.1, 0.15) is 0 Å². The summed E-state index contributed by atoms with van der Waals surface area (Å²) in [5, 5.41) is 7.28. The number of para-hydroxylation sites is 4. The molecule has 10 rings (SSSR count). The summed E-state index contributed by atoms with van der Waals surface area (Å²) in [6.45, 7) is 0. The first-order valence-corrected chi connectivity index (χ1v) is 15.4. The van der Waals surface area contributed by atoms with Crippen LogP contribution in [-0.2, 0) is 0 Å². The Morgan fingerprint density at radius 1 is 0.311 bits per heavy atom. The SMILES string of the molecule is c1ccc(-n2c3ccccc3c3cc4c(cc32)c2ccccc2n4-c2cccc(-c3ccc4c(c3)oc3ccccc34)c2)cc1. The number of hydrogen-bond acceptors (Lipinski definition) is 1. The fraction of sp³-hybridized carbons (Fsp3) is 0. The van der Waals surface area contributed by atoms with Crippen molar-refractivity contribution in [2.45, 2.75) is 0 Å². The van der Waals surface area contributed by atoms with Crippen LogP contribution in [0.3, 0.4) is 0 Å². The molecule has 3 nitrogen and oxygen atoms in total. The van der Waals surface area contributed by atoms with Crippen LogP contribution in [0.4, 0.5) is 0 Å². The van der Waals surface area contributed by atoms with Crippen LogP contribution < -0.4 is 0 Å². The van der Waals surface area contributed by atoms with Gasteiger partial charge in [-0.25, -0.2) is 0 Å². The van der Waals surface area contributed by atoms with E-state index < -0.39 is 0 Å². The highest BCUT2D eigenvalue weighted by molar-refractivity contribution is 6.19. The number of fused-ring (bicyclic) bond motifs is 9. The molecule has 10 aromatic rings. The summed E-state index contributed by atoms with van der Waals surface area (Å²) in [6, 6.07) is 56.6. The van der Waals surface area contributed by atoms with Gasteiger partial charge in [-0.1, -0.05) is 91.0 Å². The summed E-state index contributed by atoms with van der Waals surface area (Å²) in [5.74, 6) is 0. The van der Waals surface area contributed by atoms with Crippen molar-refractivity contribution in [3.05, 3.63) is 158 Å². The topological polar surface area (TPSA) is 23.0 Å². The summed E-state index contributed by atoms with van der Waals surface area (Å²) in [6.07, 6.45) is 0. The summed E-state index contributed by atoms with van der Waals surface area (Å²) in [7, 11) is 0. The smallest absolute Gasteiger partial charge is 0.136 e. The van der Waals surface area contributed by atoms with Crippen LogP contribution in [0.25, 0.3) is 88.1 Å². The first kappa shape index (κ1) is 24.4. The molecular weight excluding hydrogens is 548 g/mol. The van der Waals surface area contributed by atoms with E-state index in [0.717, 1.165) is 38.8 Å². The van der Waals surface area contributed by atoms with Gasteiger partial charge in [0, 0.05) is 43.7 Å². The van der Waals surface area contributed by atoms with Gasteiger partial charge in [0.2, 0.25) is 0 Å². The third kappa shape index (κ3) is 3.52. The molecule has 0 aliphatic carbocycles. The quantitative estimate of drug-likeness (QED) is 0.206. The molecule has 3 heterocycles. The lowest BCUT2D eigenvalue weighted by atomic mass is 10.0. The standard InChI is InChI=1S/C42H26N2O/c1-2-12-29(13-3-1)43-37-18-7-4-15-31(37)35-26-40-36(25-39(35)43)32-16-5-8-19-38(32)44(40)30-14-10-11-27(23-30)28-21-22-34-33-17-6-9-20-41(33)45-42(34)24-28/h1-26H. The van der Waals surface area contributed by atoms with Gasteiger partial charge in [-0.05, 0) is 77.9 Å². The van der Waals surface area contributed by atoms with E-state index in [0.29, 0.717) is 0 Å². The number of furan rings is 1. The van der Waals surface area contributed by atoms with Gasteiger partial charge in [0.05, 0.1) is 22.1 Å². The average molecular weight is 575 g/mol. The molecule has 0 aliphatic heterocycles. The highest BCUT2D eigenvalue weighted by Crippen LogP contribution is 2.40. The average Bonchev–Trinajstić information content (AvgIpc) is 3.74. The van der Waals surface area contributed by atoms with Gasteiger partial charge in [0.25, 0.3) is 0 Å². The van der Waals surface area contributed by atoms with Gasteiger partial charge < -0.3 is 13.6 Å². The van der Waals surface area contributed by atoms with Gasteiger partial charge in [0.1, 0.15) is 11.2 Å². The summed E-state index contributed by atoms with van der Waals surface area (Å²) in [5.41, 5.74) is 11.2. The molecule has 0 spiro atoms. The number of benzene rings is 7. The van der Waals surface area contributed by atoms with Crippen molar-refractivity contribution in [3.63, 3.8) is 0 Å². The maximum absolute atomic E-state index is 6.24. The summed E-state index contributed by atoms with van der Waals surface area (Å²) >= 11 is 0. The monoisotopic (exact) mass is 574 g/mol. The third-order valence-electron chi connectivity index (χ3n) is 9.30. The minimum absolute atomic E-state index is 0.910. The maximum atomic E-state index is 6.24. The Bertz CT molecular complexity index is 2760. The first-order valence-electron chi connectivity index (χ1n) is 15.4. The van der Waals surface area contributed by atoms with Crippen LogP contribution in [-0.4, -0.2) is 9.13 Å². The van der Waals surface area contributed by atoms with Crippen molar-refractivity contribution in [2.75, 3.05) is 0 Å². The van der Waals surface area contributed by atoms with Gasteiger partial charge in [-0.2, -0.15) is 0 Å². The Morgan fingerprint density at radius 3 is 1.60 bits per heavy atom. The molecule has 3 aromatic heterocycles. The lowest BCUT2D eigenvalue weighted by molar-refractivity contribution is 0.669. The van der Waals surface area contributed by atoms with Crippen LogP contribution >= 0.6 is 0 Å². The second-order valence-electron chi connectivity index (χ2n) is 11.8. The molecule has 0 N–H and O–H groups in total. The van der Waals surface area contributed by atoms with Crippen molar-refractivity contribution >= 4 is 65.6 Å². The molecule has 0 atom stereocenters. The Balaban J connectivity index is 1.23. The molecule has 0 amide bonds.